The lowest BCUT2D eigenvalue weighted by atomic mass is 10.0. The van der Waals surface area contributed by atoms with E-state index in [1.165, 1.54) is 23.2 Å². The number of carbonyl (C=O) groups is 2. The summed E-state index contributed by atoms with van der Waals surface area (Å²) in [5, 5.41) is 3.41. The number of H-pyrrole nitrogens is 1. The van der Waals surface area contributed by atoms with Crippen molar-refractivity contribution in [2.75, 3.05) is 18.5 Å². The number of alkyl halides is 3. The number of anilines is 1. The van der Waals surface area contributed by atoms with Crippen LogP contribution in [-0.2, 0) is 22.1 Å². The number of ether oxygens (including phenoxy) is 1. The molecule has 3 aromatic rings. The molecule has 6 nitrogen and oxygen atoms in total. The second-order valence-electron chi connectivity index (χ2n) is 7.24. The van der Waals surface area contributed by atoms with Crippen LogP contribution in [0, 0.1) is 0 Å². The second kappa shape index (κ2) is 8.41. The number of hydrogen-bond acceptors (Lipinski definition) is 3. The van der Waals surface area contributed by atoms with Crippen molar-refractivity contribution in [1.29, 1.82) is 0 Å². The van der Waals surface area contributed by atoms with Crippen LogP contribution in [0.5, 0.6) is 0 Å². The van der Waals surface area contributed by atoms with Crippen LogP contribution in [0.25, 0.3) is 16.5 Å². The van der Waals surface area contributed by atoms with Gasteiger partial charge >= 0.3 is 18.2 Å². The number of aromatic nitrogens is 1. The minimum absolute atomic E-state index is 0.00382. The van der Waals surface area contributed by atoms with E-state index < -0.39 is 23.7 Å². The Hall–Kier alpha value is -3.75. The molecule has 0 saturated carbocycles. The van der Waals surface area contributed by atoms with Crippen molar-refractivity contribution >= 4 is 34.2 Å². The summed E-state index contributed by atoms with van der Waals surface area (Å²) in [6.45, 7) is 2.06. The van der Waals surface area contributed by atoms with E-state index in [-0.39, 0.29) is 24.4 Å². The van der Waals surface area contributed by atoms with Gasteiger partial charge in [0.25, 0.3) is 0 Å². The van der Waals surface area contributed by atoms with Crippen molar-refractivity contribution in [1.82, 2.24) is 9.88 Å². The highest BCUT2D eigenvalue weighted by molar-refractivity contribution is 6.18. The fourth-order valence-corrected chi connectivity index (χ4v) is 3.70. The van der Waals surface area contributed by atoms with Gasteiger partial charge in [-0.25, -0.2) is 9.59 Å². The van der Waals surface area contributed by atoms with E-state index >= 15 is 0 Å². The van der Waals surface area contributed by atoms with Crippen molar-refractivity contribution < 1.29 is 27.5 Å². The van der Waals surface area contributed by atoms with Gasteiger partial charge in [0.1, 0.15) is 0 Å². The fraction of sp³-hybridized carbons (Fsp3) is 0.217. The molecule has 0 aliphatic carbocycles. The molecule has 2 aromatic carbocycles. The molecule has 4 rings (SSSR count). The maximum absolute atomic E-state index is 13.0. The summed E-state index contributed by atoms with van der Waals surface area (Å²) >= 11 is 0. The van der Waals surface area contributed by atoms with Crippen LogP contribution < -0.4 is 5.32 Å². The zero-order valence-electron chi connectivity index (χ0n) is 17.1. The number of rotatable bonds is 3. The summed E-state index contributed by atoms with van der Waals surface area (Å²) in [6, 6.07) is 11.3. The van der Waals surface area contributed by atoms with Gasteiger partial charge in [-0.15, -0.1) is 0 Å². The molecule has 2 heterocycles. The number of hydrogen-bond donors (Lipinski definition) is 2. The van der Waals surface area contributed by atoms with Gasteiger partial charge < -0.3 is 15.0 Å². The third-order valence-electron chi connectivity index (χ3n) is 5.17. The number of carbonyl (C=O) groups excluding carboxylic acids is 2. The van der Waals surface area contributed by atoms with Crippen molar-refractivity contribution in [3.8, 4) is 0 Å². The van der Waals surface area contributed by atoms with Crippen molar-refractivity contribution in [3.05, 3.63) is 71.6 Å². The normalized spacial score (nSPS) is 13.9. The predicted molar refractivity (Wildman–Crippen MR) is 114 cm³/mol. The quantitative estimate of drug-likeness (QED) is 0.548. The zero-order chi connectivity index (χ0) is 22.9. The van der Waals surface area contributed by atoms with Crippen LogP contribution in [0.15, 0.2) is 54.7 Å². The molecule has 0 bridgehead atoms. The molecule has 2 N–H and O–H groups in total. The molecule has 1 aliphatic rings. The number of aromatic amines is 1. The minimum Gasteiger partial charge on any atom is -0.462 e. The van der Waals surface area contributed by atoms with E-state index in [2.05, 4.69) is 10.3 Å². The number of esters is 1. The van der Waals surface area contributed by atoms with Gasteiger partial charge in [-0.05, 0) is 43.2 Å². The smallest absolute Gasteiger partial charge is 0.416 e. The van der Waals surface area contributed by atoms with Crippen molar-refractivity contribution in [2.45, 2.75) is 19.5 Å². The Morgan fingerprint density at radius 1 is 1.16 bits per heavy atom. The molecule has 2 amide bonds. The van der Waals surface area contributed by atoms with Gasteiger partial charge in [0.2, 0.25) is 0 Å². The van der Waals surface area contributed by atoms with Gasteiger partial charge in [-0.1, -0.05) is 24.3 Å². The van der Waals surface area contributed by atoms with E-state index in [0.717, 1.165) is 28.6 Å². The molecular formula is C23H20F3N3O3. The largest absolute Gasteiger partial charge is 0.462 e. The molecule has 9 heteroatoms. The average Bonchev–Trinajstić information content (AvgIpc) is 3.00. The van der Waals surface area contributed by atoms with Crippen molar-refractivity contribution in [2.24, 2.45) is 0 Å². The lowest BCUT2D eigenvalue weighted by molar-refractivity contribution is -0.138. The SMILES string of the molecule is CCOC(=O)C1=CN(C(=O)Nc2cccc(C(F)(F)F)c2)CCc2c1[nH]c1ccccc21. The van der Waals surface area contributed by atoms with Crippen LogP contribution in [-0.4, -0.2) is 35.0 Å². The van der Waals surface area contributed by atoms with Crippen LogP contribution in [0.2, 0.25) is 0 Å². The molecule has 166 valence electrons. The van der Waals surface area contributed by atoms with E-state index in [1.54, 1.807) is 6.92 Å². The molecule has 0 fully saturated rings. The monoisotopic (exact) mass is 443 g/mol. The van der Waals surface area contributed by atoms with Gasteiger partial charge in [-0.3, -0.25) is 4.90 Å². The summed E-state index contributed by atoms with van der Waals surface area (Å²) in [5.41, 5.74) is 1.61. The molecule has 0 saturated heterocycles. The third-order valence-corrected chi connectivity index (χ3v) is 5.17. The fourth-order valence-electron chi connectivity index (χ4n) is 3.70. The van der Waals surface area contributed by atoms with Gasteiger partial charge in [0.15, 0.2) is 0 Å². The number of halogens is 3. The van der Waals surface area contributed by atoms with E-state index in [9.17, 15) is 22.8 Å². The summed E-state index contributed by atoms with van der Waals surface area (Å²) in [5.74, 6) is -0.598. The highest BCUT2D eigenvalue weighted by Crippen LogP contribution is 2.32. The predicted octanol–water partition coefficient (Wildman–Crippen LogP) is 5.18. The minimum atomic E-state index is -4.52. The number of nitrogens with one attached hydrogen (secondary N) is 2. The topological polar surface area (TPSA) is 74.4 Å². The maximum Gasteiger partial charge on any atom is 0.416 e. The first-order valence-electron chi connectivity index (χ1n) is 10.0. The van der Waals surface area contributed by atoms with E-state index in [4.69, 9.17) is 4.74 Å². The number of amides is 2. The summed E-state index contributed by atoms with van der Waals surface area (Å²) in [7, 11) is 0. The second-order valence-corrected chi connectivity index (χ2v) is 7.24. The first-order valence-corrected chi connectivity index (χ1v) is 10.0. The first-order chi connectivity index (χ1) is 15.3. The number of para-hydroxylation sites is 1. The number of nitrogens with zero attached hydrogens (tertiary/aromatic N) is 1. The Morgan fingerprint density at radius 2 is 1.94 bits per heavy atom. The highest BCUT2D eigenvalue weighted by atomic mass is 19.4. The Labute approximate surface area is 181 Å². The van der Waals surface area contributed by atoms with Crippen LogP contribution in [0.4, 0.5) is 23.7 Å². The summed E-state index contributed by atoms with van der Waals surface area (Å²) < 4.78 is 44.1. The molecule has 0 atom stereocenters. The molecule has 1 aromatic heterocycles. The Balaban J connectivity index is 1.67. The van der Waals surface area contributed by atoms with E-state index in [0.29, 0.717) is 12.1 Å². The third kappa shape index (κ3) is 4.18. The number of urea groups is 1. The molecular weight excluding hydrogens is 423 g/mol. The van der Waals surface area contributed by atoms with E-state index in [1.807, 2.05) is 24.3 Å². The average molecular weight is 443 g/mol. The van der Waals surface area contributed by atoms with Gasteiger partial charge in [0, 0.05) is 29.3 Å². The number of benzene rings is 2. The van der Waals surface area contributed by atoms with Crippen LogP contribution >= 0.6 is 0 Å². The zero-order valence-corrected chi connectivity index (χ0v) is 17.1. The van der Waals surface area contributed by atoms with Crippen LogP contribution in [0.3, 0.4) is 0 Å². The lowest BCUT2D eigenvalue weighted by Gasteiger charge is -2.19. The molecule has 0 unspecified atom stereocenters. The maximum atomic E-state index is 13.0. The first kappa shape index (κ1) is 21.5. The Morgan fingerprint density at radius 3 is 2.69 bits per heavy atom. The molecule has 32 heavy (non-hydrogen) atoms. The van der Waals surface area contributed by atoms with Crippen LogP contribution in [0.1, 0.15) is 23.7 Å². The molecule has 0 radical (unpaired) electrons. The van der Waals surface area contributed by atoms with Gasteiger partial charge in [0.05, 0.1) is 23.4 Å². The standard InChI is InChI=1S/C23H20F3N3O3/c1-2-32-21(30)18-13-29(11-10-17-16-8-3-4-9-19(16)28-20(17)18)22(31)27-15-7-5-6-14(12-15)23(24,25)26/h3-9,12-13,28H,2,10-11H2,1H3,(H,27,31). The van der Waals surface area contributed by atoms with Gasteiger partial charge in [-0.2, -0.15) is 13.2 Å². The molecule has 0 spiro atoms. The lowest BCUT2D eigenvalue weighted by Crippen LogP contribution is -2.32. The summed E-state index contributed by atoms with van der Waals surface area (Å²) in [6.07, 6.45) is -2.71. The Kier molecular flexibility index (Phi) is 5.65. The summed E-state index contributed by atoms with van der Waals surface area (Å²) in [4.78, 5) is 30.0. The highest BCUT2D eigenvalue weighted by Gasteiger charge is 2.31. The van der Waals surface area contributed by atoms with Crippen molar-refractivity contribution in [3.63, 3.8) is 0 Å². The number of fused-ring (bicyclic) bond motifs is 3. The Bertz CT molecular complexity index is 1210. The molecule has 1 aliphatic heterocycles.